The molecule has 86 valence electrons. The van der Waals surface area contributed by atoms with E-state index < -0.39 is 6.09 Å². The molecule has 0 saturated carbocycles. The molecule has 0 aliphatic heterocycles. The van der Waals surface area contributed by atoms with Gasteiger partial charge in [0.2, 0.25) is 0 Å². The Morgan fingerprint density at radius 1 is 1.25 bits per heavy atom. The number of ether oxygens (including phenoxy) is 2. The van der Waals surface area contributed by atoms with Gasteiger partial charge in [0, 0.05) is 0 Å². The molecule has 0 heterocycles. The fourth-order valence-corrected chi connectivity index (χ4v) is 1.07. The molecular formula is C11H14N2O3. The van der Waals surface area contributed by atoms with E-state index in [-0.39, 0.29) is 0 Å². The summed E-state index contributed by atoms with van der Waals surface area (Å²) in [6.07, 6.45) is -0.590. The van der Waals surface area contributed by atoms with Gasteiger partial charge in [-0.25, -0.2) is 10.2 Å². The molecule has 5 nitrogen and oxygen atoms in total. The van der Waals surface area contributed by atoms with E-state index in [0.717, 1.165) is 11.3 Å². The average Bonchev–Trinajstić information content (AvgIpc) is 2.35. The van der Waals surface area contributed by atoms with Crippen molar-refractivity contribution in [3.8, 4) is 5.75 Å². The highest BCUT2D eigenvalue weighted by molar-refractivity contribution is 5.99. The lowest BCUT2D eigenvalue weighted by atomic mass is 10.1. The second-order valence-corrected chi connectivity index (χ2v) is 3.03. The van der Waals surface area contributed by atoms with E-state index in [4.69, 9.17) is 4.74 Å². The van der Waals surface area contributed by atoms with Gasteiger partial charge in [0.05, 0.1) is 19.9 Å². The average molecular weight is 222 g/mol. The molecule has 0 radical (unpaired) electrons. The van der Waals surface area contributed by atoms with Crippen LogP contribution in [0.5, 0.6) is 5.75 Å². The van der Waals surface area contributed by atoms with Gasteiger partial charge in [-0.3, -0.25) is 0 Å². The zero-order chi connectivity index (χ0) is 12.0. The van der Waals surface area contributed by atoms with Crippen molar-refractivity contribution < 1.29 is 14.3 Å². The highest BCUT2D eigenvalue weighted by Gasteiger charge is 2.00. The molecule has 1 aromatic carbocycles. The first kappa shape index (κ1) is 12.0. The van der Waals surface area contributed by atoms with E-state index in [1.54, 1.807) is 14.0 Å². The number of hydrazone groups is 1. The van der Waals surface area contributed by atoms with Crippen molar-refractivity contribution in [2.45, 2.75) is 6.92 Å². The van der Waals surface area contributed by atoms with E-state index in [9.17, 15) is 4.79 Å². The summed E-state index contributed by atoms with van der Waals surface area (Å²) in [5.74, 6) is 0.775. The van der Waals surface area contributed by atoms with Gasteiger partial charge >= 0.3 is 6.09 Å². The van der Waals surface area contributed by atoms with Gasteiger partial charge in [-0.1, -0.05) is 0 Å². The Balaban J connectivity index is 2.71. The monoisotopic (exact) mass is 222 g/mol. The number of hydrogen-bond donors (Lipinski definition) is 1. The largest absolute Gasteiger partial charge is 0.497 e. The predicted molar refractivity (Wildman–Crippen MR) is 60.7 cm³/mol. The Morgan fingerprint density at radius 2 is 1.88 bits per heavy atom. The number of carbonyl (C=O) groups excluding carboxylic acids is 1. The standard InChI is InChI=1S/C11H14N2O3/c1-8(12-13-11(14)16-3)9-4-6-10(15-2)7-5-9/h4-7H,1-3H3,(H,13,14). The molecule has 1 rings (SSSR count). The lowest BCUT2D eigenvalue weighted by Gasteiger charge is -2.03. The van der Waals surface area contributed by atoms with Crippen LogP contribution in [0.25, 0.3) is 0 Å². The maximum Gasteiger partial charge on any atom is 0.427 e. The predicted octanol–water partition coefficient (Wildman–Crippen LogP) is 1.78. The number of amides is 1. The normalized spacial score (nSPS) is 10.8. The molecule has 0 saturated heterocycles. The highest BCUT2D eigenvalue weighted by Crippen LogP contribution is 2.11. The number of nitrogens with zero attached hydrogens (tertiary/aromatic N) is 1. The number of methoxy groups -OCH3 is 2. The molecule has 0 aromatic heterocycles. The topological polar surface area (TPSA) is 59.9 Å². The molecule has 0 unspecified atom stereocenters. The van der Waals surface area contributed by atoms with E-state index >= 15 is 0 Å². The zero-order valence-corrected chi connectivity index (χ0v) is 9.48. The first-order chi connectivity index (χ1) is 7.67. The number of nitrogens with one attached hydrogen (secondary N) is 1. The first-order valence-corrected chi connectivity index (χ1v) is 4.70. The molecule has 0 bridgehead atoms. The summed E-state index contributed by atoms with van der Waals surface area (Å²) >= 11 is 0. The molecule has 0 aliphatic carbocycles. The minimum absolute atomic E-state index is 0.590. The summed E-state index contributed by atoms with van der Waals surface area (Å²) in [5.41, 5.74) is 3.84. The van der Waals surface area contributed by atoms with Gasteiger partial charge < -0.3 is 9.47 Å². The summed E-state index contributed by atoms with van der Waals surface area (Å²) < 4.78 is 9.43. The molecule has 16 heavy (non-hydrogen) atoms. The van der Waals surface area contributed by atoms with Crippen molar-refractivity contribution in [3.63, 3.8) is 0 Å². The fraction of sp³-hybridized carbons (Fsp3) is 0.273. The fourth-order valence-electron chi connectivity index (χ4n) is 1.07. The Morgan fingerprint density at radius 3 is 2.38 bits per heavy atom. The summed E-state index contributed by atoms with van der Waals surface area (Å²) in [5, 5.41) is 3.87. The molecule has 0 aliphatic rings. The Bertz CT molecular complexity index is 385. The maximum atomic E-state index is 10.8. The number of rotatable bonds is 3. The molecule has 5 heteroatoms. The Hall–Kier alpha value is -2.04. The van der Waals surface area contributed by atoms with Crippen LogP contribution in [0.3, 0.4) is 0 Å². The summed E-state index contributed by atoms with van der Waals surface area (Å²) in [6, 6.07) is 7.37. The maximum absolute atomic E-state index is 10.8. The number of hydrogen-bond acceptors (Lipinski definition) is 4. The zero-order valence-electron chi connectivity index (χ0n) is 9.48. The molecule has 1 amide bonds. The van der Waals surface area contributed by atoms with Crippen LogP contribution in [0.1, 0.15) is 12.5 Å². The third kappa shape index (κ3) is 3.27. The molecule has 0 spiro atoms. The lowest BCUT2D eigenvalue weighted by molar-refractivity contribution is 0.171. The molecular weight excluding hydrogens is 208 g/mol. The van der Waals surface area contributed by atoms with Crippen LogP contribution in [-0.2, 0) is 4.74 Å². The van der Waals surface area contributed by atoms with E-state index in [2.05, 4.69) is 15.3 Å². The van der Waals surface area contributed by atoms with Gasteiger partial charge in [-0.15, -0.1) is 0 Å². The highest BCUT2D eigenvalue weighted by atomic mass is 16.5. The third-order valence-electron chi connectivity index (χ3n) is 2.01. The van der Waals surface area contributed by atoms with Crippen molar-refractivity contribution in [1.29, 1.82) is 0 Å². The van der Waals surface area contributed by atoms with Crippen molar-refractivity contribution in [1.82, 2.24) is 5.43 Å². The van der Waals surface area contributed by atoms with Gasteiger partial charge in [0.1, 0.15) is 5.75 Å². The number of benzene rings is 1. The van der Waals surface area contributed by atoms with Crippen molar-refractivity contribution in [3.05, 3.63) is 29.8 Å². The van der Waals surface area contributed by atoms with Crippen LogP contribution in [-0.4, -0.2) is 26.0 Å². The molecule has 0 fully saturated rings. The van der Waals surface area contributed by atoms with Crippen LogP contribution in [0.4, 0.5) is 4.79 Å². The Kier molecular flexibility index (Phi) is 4.32. The second kappa shape index (κ2) is 5.75. The van der Waals surface area contributed by atoms with Crippen LogP contribution < -0.4 is 10.2 Å². The van der Waals surface area contributed by atoms with E-state index in [1.165, 1.54) is 7.11 Å². The lowest BCUT2D eigenvalue weighted by Crippen LogP contribution is -2.18. The van der Waals surface area contributed by atoms with Crippen molar-refractivity contribution in [2.24, 2.45) is 5.10 Å². The third-order valence-corrected chi connectivity index (χ3v) is 2.01. The van der Waals surface area contributed by atoms with Gasteiger partial charge in [0.25, 0.3) is 0 Å². The van der Waals surface area contributed by atoms with Crippen LogP contribution in [0.2, 0.25) is 0 Å². The van der Waals surface area contributed by atoms with Crippen molar-refractivity contribution in [2.75, 3.05) is 14.2 Å². The Labute approximate surface area is 94.1 Å². The molecule has 1 N–H and O–H groups in total. The van der Waals surface area contributed by atoms with Gasteiger partial charge in [-0.2, -0.15) is 5.10 Å². The number of carbonyl (C=O) groups is 1. The quantitative estimate of drug-likeness (QED) is 0.626. The van der Waals surface area contributed by atoms with Crippen LogP contribution in [0, 0.1) is 0 Å². The SMILES string of the molecule is COC(=O)NN=C(C)c1ccc(OC)cc1. The summed E-state index contributed by atoms with van der Waals surface area (Å²) in [4.78, 5) is 10.8. The smallest absolute Gasteiger partial charge is 0.427 e. The minimum atomic E-state index is -0.590. The van der Waals surface area contributed by atoms with E-state index in [1.807, 2.05) is 24.3 Å². The summed E-state index contributed by atoms with van der Waals surface area (Å²) in [7, 11) is 2.89. The van der Waals surface area contributed by atoms with Gasteiger partial charge in [0.15, 0.2) is 0 Å². The van der Waals surface area contributed by atoms with E-state index in [0.29, 0.717) is 5.71 Å². The van der Waals surface area contributed by atoms with Gasteiger partial charge in [-0.05, 0) is 36.8 Å². The summed E-state index contributed by atoms with van der Waals surface area (Å²) in [6.45, 7) is 1.79. The molecule has 0 atom stereocenters. The second-order valence-electron chi connectivity index (χ2n) is 3.03. The van der Waals surface area contributed by atoms with Crippen molar-refractivity contribution >= 4 is 11.8 Å². The van der Waals surface area contributed by atoms with Crippen LogP contribution >= 0.6 is 0 Å². The van der Waals surface area contributed by atoms with Crippen LogP contribution in [0.15, 0.2) is 29.4 Å². The first-order valence-electron chi connectivity index (χ1n) is 4.70. The molecule has 1 aromatic rings. The minimum Gasteiger partial charge on any atom is -0.497 e.